The second-order valence-corrected chi connectivity index (χ2v) is 15.1. The van der Waals surface area contributed by atoms with E-state index in [0.29, 0.717) is 6.42 Å². The number of ether oxygens (including phenoxy) is 6. The smallest absolute Gasteiger partial charge is 0.220 e. The summed E-state index contributed by atoms with van der Waals surface area (Å²) in [6, 6.07) is -0.959. The van der Waals surface area contributed by atoms with Crippen LogP contribution in [0.2, 0.25) is 0 Å². The van der Waals surface area contributed by atoms with E-state index in [1.165, 1.54) is 0 Å². The van der Waals surface area contributed by atoms with Crippen molar-refractivity contribution in [3.63, 3.8) is 0 Å². The normalized spacial score (nSPS) is 37.3. The van der Waals surface area contributed by atoms with E-state index in [-0.39, 0.29) is 18.9 Å². The summed E-state index contributed by atoms with van der Waals surface area (Å²) in [6.45, 7) is 1.47. The fraction of sp³-hybridized carbons (Fsp3) is 0.921. The number of aliphatic hydroxyl groups excluding tert-OH is 11. The molecule has 57 heavy (non-hydrogen) atoms. The first-order valence-electron chi connectivity index (χ1n) is 20.4. The highest BCUT2D eigenvalue weighted by Gasteiger charge is 2.53. The Morgan fingerprint density at radius 2 is 1.09 bits per heavy atom. The van der Waals surface area contributed by atoms with Crippen molar-refractivity contribution in [2.75, 3.05) is 26.4 Å². The predicted octanol–water partition coefficient (Wildman–Crippen LogP) is -2.43. The first kappa shape index (κ1) is 49.9. The van der Waals surface area contributed by atoms with Crippen LogP contribution in [0.5, 0.6) is 0 Å². The maximum Gasteiger partial charge on any atom is 0.220 e. The Hall–Kier alpha value is -1.47. The van der Waals surface area contributed by atoms with Gasteiger partial charge in [0.2, 0.25) is 5.91 Å². The first-order chi connectivity index (χ1) is 27.3. The molecule has 0 aliphatic carbocycles. The van der Waals surface area contributed by atoms with Gasteiger partial charge in [-0.15, -0.1) is 0 Å². The van der Waals surface area contributed by atoms with Gasteiger partial charge in [-0.2, -0.15) is 0 Å². The summed E-state index contributed by atoms with van der Waals surface area (Å²) < 4.78 is 33.7. The first-order valence-corrected chi connectivity index (χ1v) is 20.4. The number of aliphatic hydroxyl groups is 11. The van der Waals surface area contributed by atoms with Crippen LogP contribution in [0.15, 0.2) is 12.2 Å². The summed E-state index contributed by atoms with van der Waals surface area (Å²) in [5.74, 6) is -0.295. The molecule has 3 fully saturated rings. The van der Waals surface area contributed by atoms with Crippen molar-refractivity contribution < 1.29 is 89.4 Å². The molecule has 3 heterocycles. The van der Waals surface area contributed by atoms with Gasteiger partial charge < -0.3 is 89.9 Å². The van der Waals surface area contributed by atoms with Crippen molar-refractivity contribution in [3.8, 4) is 0 Å². The Morgan fingerprint density at radius 3 is 1.65 bits per heavy atom. The summed E-state index contributed by atoms with van der Waals surface area (Å²) in [6.07, 6.45) is -12.3. The molecule has 1 amide bonds. The van der Waals surface area contributed by atoms with Crippen LogP contribution in [0, 0.1) is 0 Å². The van der Waals surface area contributed by atoms with E-state index in [9.17, 15) is 61.0 Å². The lowest BCUT2D eigenvalue weighted by molar-refractivity contribution is -0.379. The van der Waals surface area contributed by atoms with Crippen molar-refractivity contribution in [3.05, 3.63) is 12.2 Å². The molecule has 0 spiro atoms. The third kappa shape index (κ3) is 14.6. The van der Waals surface area contributed by atoms with Gasteiger partial charge in [0.15, 0.2) is 18.9 Å². The summed E-state index contributed by atoms with van der Waals surface area (Å²) >= 11 is 0. The number of nitrogens with one attached hydrogen (secondary N) is 1. The van der Waals surface area contributed by atoms with E-state index >= 15 is 0 Å². The van der Waals surface area contributed by atoms with Crippen LogP contribution in [0.25, 0.3) is 0 Å². The van der Waals surface area contributed by atoms with Crippen molar-refractivity contribution in [1.29, 1.82) is 0 Å². The SMILES string of the molecule is CCCCCC/C=C/C(O)C(COC1OC(CO)C(OC2OC(CO)C(OC3OC(CO)C(O)C(O)C3O)C(O)C2O)C(O)C1O)NC(=O)CCCCCCCC. The maximum atomic E-state index is 12.9. The zero-order chi connectivity index (χ0) is 42.1. The molecule has 0 aromatic rings. The highest BCUT2D eigenvalue weighted by Crippen LogP contribution is 2.32. The minimum atomic E-state index is -1.97. The fourth-order valence-corrected chi connectivity index (χ4v) is 7.01. The molecule has 0 bridgehead atoms. The van der Waals surface area contributed by atoms with Crippen LogP contribution in [-0.4, -0.2) is 193 Å². The fourth-order valence-electron chi connectivity index (χ4n) is 7.01. The van der Waals surface area contributed by atoms with Crippen molar-refractivity contribution >= 4 is 5.91 Å². The number of unbranched alkanes of at least 4 members (excludes halogenated alkanes) is 9. The Morgan fingerprint density at radius 1 is 0.614 bits per heavy atom. The highest BCUT2D eigenvalue weighted by atomic mass is 16.8. The Kier molecular flexibility index (Phi) is 22.8. The molecular formula is C38H69NO18. The van der Waals surface area contributed by atoms with Gasteiger partial charge in [0, 0.05) is 6.42 Å². The molecular weight excluding hydrogens is 758 g/mol. The molecule has 19 nitrogen and oxygen atoms in total. The molecule has 12 N–H and O–H groups in total. The molecule has 3 aliphatic rings. The topological polar surface area (TPSA) is 307 Å². The Balaban J connectivity index is 1.64. The van der Waals surface area contributed by atoms with E-state index in [4.69, 9.17) is 28.4 Å². The summed E-state index contributed by atoms with van der Waals surface area (Å²) in [5, 5.41) is 118. The lowest BCUT2D eigenvalue weighted by atomic mass is 9.96. The molecule has 3 saturated heterocycles. The zero-order valence-corrected chi connectivity index (χ0v) is 33.1. The average Bonchev–Trinajstić information content (AvgIpc) is 3.20. The van der Waals surface area contributed by atoms with Crippen LogP contribution in [0.1, 0.15) is 90.9 Å². The van der Waals surface area contributed by atoms with E-state index in [1.807, 2.05) is 6.08 Å². The third-order valence-corrected chi connectivity index (χ3v) is 10.6. The number of allylic oxidation sites excluding steroid dienone is 1. The molecule has 3 rings (SSSR count). The van der Waals surface area contributed by atoms with Gasteiger partial charge in [-0.3, -0.25) is 4.79 Å². The molecule has 17 atom stereocenters. The monoisotopic (exact) mass is 827 g/mol. The van der Waals surface area contributed by atoms with Crippen LogP contribution >= 0.6 is 0 Å². The maximum absolute atomic E-state index is 12.9. The highest BCUT2D eigenvalue weighted by molar-refractivity contribution is 5.76. The molecule has 19 heteroatoms. The van der Waals surface area contributed by atoms with Gasteiger partial charge in [0.25, 0.3) is 0 Å². The molecule has 0 radical (unpaired) electrons. The third-order valence-electron chi connectivity index (χ3n) is 10.6. The number of carbonyl (C=O) groups excluding carboxylic acids is 1. The number of hydrogen-bond donors (Lipinski definition) is 12. The van der Waals surface area contributed by atoms with Gasteiger partial charge in [-0.1, -0.05) is 77.4 Å². The molecule has 334 valence electrons. The van der Waals surface area contributed by atoms with E-state index in [2.05, 4.69) is 19.2 Å². The van der Waals surface area contributed by atoms with Crippen molar-refractivity contribution in [1.82, 2.24) is 5.32 Å². The number of hydrogen-bond acceptors (Lipinski definition) is 18. The summed E-state index contributed by atoms with van der Waals surface area (Å²) in [5.41, 5.74) is 0. The van der Waals surface area contributed by atoms with Gasteiger partial charge in [-0.25, -0.2) is 0 Å². The molecule has 0 saturated carbocycles. The molecule has 0 aromatic carbocycles. The van der Waals surface area contributed by atoms with Gasteiger partial charge in [0.1, 0.15) is 73.2 Å². The second-order valence-electron chi connectivity index (χ2n) is 15.1. The van der Waals surface area contributed by atoms with Crippen molar-refractivity contribution in [2.45, 2.75) is 195 Å². The van der Waals surface area contributed by atoms with Gasteiger partial charge >= 0.3 is 0 Å². The molecule has 0 aromatic heterocycles. The predicted molar refractivity (Wildman–Crippen MR) is 199 cm³/mol. The van der Waals surface area contributed by atoms with Gasteiger partial charge in [-0.05, 0) is 19.3 Å². The number of carbonyl (C=O) groups is 1. The van der Waals surface area contributed by atoms with E-state index < -0.39 is 124 Å². The lowest BCUT2D eigenvalue weighted by Gasteiger charge is -2.48. The van der Waals surface area contributed by atoms with E-state index in [0.717, 1.165) is 64.2 Å². The minimum absolute atomic E-state index is 0.241. The zero-order valence-electron chi connectivity index (χ0n) is 33.1. The molecule has 17 unspecified atom stereocenters. The Labute approximate surface area is 334 Å². The quantitative estimate of drug-likeness (QED) is 0.0337. The summed E-state index contributed by atoms with van der Waals surface area (Å²) in [7, 11) is 0. The van der Waals surface area contributed by atoms with Crippen molar-refractivity contribution in [2.24, 2.45) is 0 Å². The van der Waals surface area contributed by atoms with E-state index in [1.54, 1.807) is 6.08 Å². The van der Waals surface area contributed by atoms with Crippen LogP contribution in [0.4, 0.5) is 0 Å². The molecule has 3 aliphatic heterocycles. The largest absolute Gasteiger partial charge is 0.394 e. The van der Waals surface area contributed by atoms with Crippen LogP contribution in [0.3, 0.4) is 0 Å². The average molecular weight is 828 g/mol. The van der Waals surface area contributed by atoms with Crippen LogP contribution in [-0.2, 0) is 33.2 Å². The summed E-state index contributed by atoms with van der Waals surface area (Å²) in [4.78, 5) is 12.9. The van der Waals surface area contributed by atoms with Gasteiger partial charge in [0.05, 0.1) is 38.6 Å². The standard InChI is InChI=1S/C38H69NO18/c1-3-5-7-9-11-13-15-22(43)21(39-26(44)16-14-12-10-8-6-4-2)20-52-36-32(50)29(47)34(24(18-41)54-36)57-38-33(51)30(48)35(25(19-42)55-38)56-37-31(49)28(46)27(45)23(17-40)53-37/h13,15,21-25,27-38,40-43,45-51H,3-12,14,16-20H2,1-2H3,(H,39,44)/b15-13+. The minimum Gasteiger partial charge on any atom is -0.394 e. The second kappa shape index (κ2) is 26.0. The Bertz CT molecular complexity index is 1130. The van der Waals surface area contributed by atoms with Crippen LogP contribution < -0.4 is 5.32 Å². The number of amides is 1. The lowest BCUT2D eigenvalue weighted by Crippen LogP contribution is -2.66. The number of rotatable bonds is 25.